The van der Waals surface area contributed by atoms with Gasteiger partial charge in [-0.3, -0.25) is 4.79 Å². The average molecular weight is 393 g/mol. The van der Waals surface area contributed by atoms with E-state index in [0.717, 1.165) is 11.1 Å². The summed E-state index contributed by atoms with van der Waals surface area (Å²) in [5.41, 5.74) is 2.28. The molecule has 1 heterocycles. The van der Waals surface area contributed by atoms with Gasteiger partial charge in [0.05, 0.1) is 26.9 Å². The van der Waals surface area contributed by atoms with Crippen LogP contribution in [-0.4, -0.2) is 43.7 Å². The highest BCUT2D eigenvalue weighted by atomic mass is 16.5. The molecule has 29 heavy (non-hydrogen) atoms. The van der Waals surface area contributed by atoms with Gasteiger partial charge in [-0.25, -0.2) is 9.97 Å². The average Bonchev–Trinajstić information content (AvgIpc) is 2.78. The molecule has 0 unspecified atom stereocenters. The van der Waals surface area contributed by atoms with E-state index in [1.165, 1.54) is 21.3 Å². The van der Waals surface area contributed by atoms with E-state index in [0.29, 0.717) is 41.6 Å². The molecule has 0 fully saturated rings. The molecule has 0 spiro atoms. The highest BCUT2D eigenvalue weighted by Gasteiger charge is 2.20. The van der Waals surface area contributed by atoms with Crippen molar-refractivity contribution in [3.63, 3.8) is 0 Å². The highest BCUT2D eigenvalue weighted by Crippen LogP contribution is 2.39. The fraction of sp³-hybridized carbons (Fsp3) is 0.227. The molecule has 0 aliphatic carbocycles. The zero-order valence-corrected chi connectivity index (χ0v) is 16.6. The standard InChI is InChI=1S/C22H23N3O4/c1-27-18-10-9-17(19(28-2)20(18)29-3)22(26)23-12-11-15-13-24-21(25-14-15)16-7-5-4-6-8-16/h4-10,13-14H,11-12H2,1-3H3,(H,23,26). The third-order valence-corrected chi connectivity index (χ3v) is 4.39. The Bertz CT molecular complexity index is 960. The van der Waals surface area contributed by atoms with Gasteiger partial charge in [0.25, 0.3) is 5.91 Å². The Morgan fingerprint density at radius 3 is 2.21 bits per heavy atom. The van der Waals surface area contributed by atoms with Gasteiger partial charge in [-0.15, -0.1) is 0 Å². The molecule has 2 aromatic carbocycles. The summed E-state index contributed by atoms with van der Waals surface area (Å²) in [6.07, 6.45) is 4.16. The molecule has 7 nitrogen and oxygen atoms in total. The third-order valence-electron chi connectivity index (χ3n) is 4.39. The molecule has 1 amide bonds. The second kappa shape index (κ2) is 9.54. The van der Waals surface area contributed by atoms with Gasteiger partial charge in [0, 0.05) is 24.5 Å². The van der Waals surface area contributed by atoms with E-state index in [4.69, 9.17) is 14.2 Å². The van der Waals surface area contributed by atoms with E-state index in [2.05, 4.69) is 15.3 Å². The van der Waals surface area contributed by atoms with Crippen LogP contribution in [0.4, 0.5) is 0 Å². The van der Waals surface area contributed by atoms with E-state index >= 15 is 0 Å². The molecular weight excluding hydrogens is 370 g/mol. The lowest BCUT2D eigenvalue weighted by Crippen LogP contribution is -2.26. The Morgan fingerprint density at radius 2 is 1.59 bits per heavy atom. The molecular formula is C22H23N3O4. The van der Waals surface area contributed by atoms with Gasteiger partial charge in [0.1, 0.15) is 0 Å². The molecule has 0 aliphatic rings. The van der Waals surface area contributed by atoms with Gasteiger partial charge < -0.3 is 19.5 Å². The van der Waals surface area contributed by atoms with Crippen LogP contribution >= 0.6 is 0 Å². The lowest BCUT2D eigenvalue weighted by molar-refractivity contribution is 0.0950. The Labute approximate surface area is 169 Å². The monoisotopic (exact) mass is 393 g/mol. The minimum absolute atomic E-state index is 0.260. The second-order valence-corrected chi connectivity index (χ2v) is 6.17. The number of aromatic nitrogens is 2. The molecule has 0 aliphatic heterocycles. The van der Waals surface area contributed by atoms with Crippen molar-refractivity contribution in [1.82, 2.24) is 15.3 Å². The molecule has 150 valence electrons. The first-order valence-corrected chi connectivity index (χ1v) is 9.11. The van der Waals surface area contributed by atoms with Crippen molar-refractivity contribution in [2.75, 3.05) is 27.9 Å². The van der Waals surface area contributed by atoms with Gasteiger partial charge >= 0.3 is 0 Å². The molecule has 3 rings (SSSR count). The van der Waals surface area contributed by atoms with E-state index in [-0.39, 0.29) is 5.91 Å². The lowest BCUT2D eigenvalue weighted by atomic mass is 10.1. The summed E-state index contributed by atoms with van der Waals surface area (Å²) in [7, 11) is 4.52. The Morgan fingerprint density at radius 1 is 0.897 bits per heavy atom. The minimum Gasteiger partial charge on any atom is -0.493 e. The topological polar surface area (TPSA) is 82.6 Å². The number of hydrogen-bond donors (Lipinski definition) is 1. The van der Waals surface area contributed by atoms with Gasteiger partial charge in [0.2, 0.25) is 5.75 Å². The summed E-state index contributed by atoms with van der Waals surface area (Å²) in [4.78, 5) is 21.4. The van der Waals surface area contributed by atoms with Crippen LogP contribution in [0.3, 0.4) is 0 Å². The van der Waals surface area contributed by atoms with E-state index in [1.54, 1.807) is 24.5 Å². The number of nitrogens with one attached hydrogen (secondary N) is 1. The SMILES string of the molecule is COc1ccc(C(=O)NCCc2cnc(-c3ccccc3)nc2)c(OC)c1OC. The summed E-state index contributed by atoms with van der Waals surface area (Å²) in [6, 6.07) is 13.1. The smallest absolute Gasteiger partial charge is 0.255 e. The maximum atomic E-state index is 12.6. The molecule has 0 radical (unpaired) electrons. The lowest BCUT2D eigenvalue weighted by Gasteiger charge is -2.15. The number of methoxy groups -OCH3 is 3. The molecule has 0 bridgehead atoms. The molecule has 0 saturated carbocycles. The minimum atomic E-state index is -0.260. The second-order valence-electron chi connectivity index (χ2n) is 6.17. The third kappa shape index (κ3) is 4.63. The van der Waals surface area contributed by atoms with Crippen LogP contribution < -0.4 is 19.5 Å². The quantitative estimate of drug-likeness (QED) is 0.633. The summed E-state index contributed by atoms with van der Waals surface area (Å²) in [6.45, 7) is 0.435. The zero-order chi connectivity index (χ0) is 20.6. The van der Waals surface area contributed by atoms with Crippen molar-refractivity contribution < 1.29 is 19.0 Å². The van der Waals surface area contributed by atoms with Gasteiger partial charge in [-0.2, -0.15) is 0 Å². The van der Waals surface area contributed by atoms with Crippen LogP contribution in [0.1, 0.15) is 15.9 Å². The maximum Gasteiger partial charge on any atom is 0.255 e. The number of nitrogens with zero attached hydrogens (tertiary/aromatic N) is 2. The highest BCUT2D eigenvalue weighted by molar-refractivity contribution is 5.98. The molecule has 1 aromatic heterocycles. The molecule has 1 N–H and O–H groups in total. The summed E-state index contributed by atoms with van der Waals surface area (Å²) in [5, 5.41) is 2.89. The summed E-state index contributed by atoms with van der Waals surface area (Å²) in [5.74, 6) is 1.63. The van der Waals surface area contributed by atoms with Crippen LogP contribution in [-0.2, 0) is 6.42 Å². The molecule has 0 atom stereocenters. The summed E-state index contributed by atoms with van der Waals surface area (Å²) >= 11 is 0. The number of hydrogen-bond acceptors (Lipinski definition) is 6. The van der Waals surface area contributed by atoms with Crippen molar-refractivity contribution in [3.05, 3.63) is 66.0 Å². The van der Waals surface area contributed by atoms with E-state index in [1.807, 2.05) is 30.3 Å². The zero-order valence-electron chi connectivity index (χ0n) is 16.6. The van der Waals surface area contributed by atoms with Crippen LogP contribution in [0.5, 0.6) is 17.2 Å². The van der Waals surface area contributed by atoms with Crippen LogP contribution in [0, 0.1) is 0 Å². The number of benzene rings is 2. The first kappa shape index (κ1) is 20.1. The van der Waals surface area contributed by atoms with Gasteiger partial charge in [0.15, 0.2) is 17.3 Å². The van der Waals surface area contributed by atoms with E-state index < -0.39 is 0 Å². The fourth-order valence-electron chi connectivity index (χ4n) is 2.92. The Kier molecular flexibility index (Phi) is 6.63. The summed E-state index contributed by atoms with van der Waals surface area (Å²) < 4.78 is 15.9. The predicted octanol–water partition coefficient (Wildman–Crippen LogP) is 3.14. The Hall–Kier alpha value is -3.61. The molecule has 3 aromatic rings. The van der Waals surface area contributed by atoms with Crippen molar-refractivity contribution in [2.24, 2.45) is 0 Å². The largest absolute Gasteiger partial charge is 0.493 e. The van der Waals surface area contributed by atoms with Gasteiger partial charge in [-0.1, -0.05) is 30.3 Å². The molecule has 0 saturated heterocycles. The number of amides is 1. The van der Waals surface area contributed by atoms with Crippen molar-refractivity contribution in [1.29, 1.82) is 0 Å². The molecule has 7 heteroatoms. The normalized spacial score (nSPS) is 10.3. The van der Waals surface area contributed by atoms with Gasteiger partial charge in [-0.05, 0) is 24.1 Å². The predicted molar refractivity (Wildman–Crippen MR) is 110 cm³/mol. The number of ether oxygens (including phenoxy) is 3. The van der Waals surface area contributed by atoms with Crippen LogP contribution in [0.25, 0.3) is 11.4 Å². The van der Waals surface area contributed by atoms with Crippen molar-refractivity contribution in [3.8, 4) is 28.6 Å². The Balaban J connectivity index is 1.63. The van der Waals surface area contributed by atoms with Crippen LogP contribution in [0.2, 0.25) is 0 Å². The van der Waals surface area contributed by atoms with Crippen LogP contribution in [0.15, 0.2) is 54.9 Å². The van der Waals surface area contributed by atoms with Crippen molar-refractivity contribution >= 4 is 5.91 Å². The number of rotatable bonds is 8. The maximum absolute atomic E-state index is 12.6. The van der Waals surface area contributed by atoms with Crippen molar-refractivity contribution in [2.45, 2.75) is 6.42 Å². The van der Waals surface area contributed by atoms with E-state index in [9.17, 15) is 4.79 Å². The number of carbonyl (C=O) groups excluding carboxylic acids is 1. The fourth-order valence-corrected chi connectivity index (χ4v) is 2.92. The first-order chi connectivity index (χ1) is 14.2. The first-order valence-electron chi connectivity index (χ1n) is 9.11. The number of carbonyl (C=O) groups is 1.